The number of anilines is 1. The molecule has 0 aliphatic heterocycles. The van der Waals surface area contributed by atoms with Crippen molar-refractivity contribution in [2.75, 3.05) is 12.4 Å². The Morgan fingerprint density at radius 1 is 1.12 bits per heavy atom. The van der Waals surface area contributed by atoms with Crippen molar-refractivity contribution in [2.24, 2.45) is 0 Å². The van der Waals surface area contributed by atoms with E-state index >= 15 is 0 Å². The van der Waals surface area contributed by atoms with Gasteiger partial charge < -0.3 is 14.7 Å². The summed E-state index contributed by atoms with van der Waals surface area (Å²) in [6.07, 6.45) is 0. The second-order valence-electron chi connectivity index (χ2n) is 5.48. The smallest absolute Gasteiger partial charge is 0.322 e. The number of para-hydroxylation sites is 1. The molecule has 1 aromatic heterocycles. The number of hydrogen-bond donors (Lipinski definition) is 1. The van der Waals surface area contributed by atoms with Gasteiger partial charge in [-0.15, -0.1) is 0 Å². The van der Waals surface area contributed by atoms with Crippen LogP contribution in [-0.2, 0) is 6.54 Å². The topological polar surface area (TPSA) is 71.3 Å². The van der Waals surface area contributed by atoms with Crippen LogP contribution in [0.3, 0.4) is 0 Å². The first-order chi connectivity index (χ1) is 11.6. The summed E-state index contributed by atoms with van der Waals surface area (Å²) in [7, 11) is 1.68. The second kappa shape index (κ2) is 6.95. The first kappa shape index (κ1) is 15.7. The van der Waals surface area contributed by atoms with Gasteiger partial charge >= 0.3 is 6.03 Å². The predicted molar refractivity (Wildman–Crippen MR) is 91.4 cm³/mol. The molecular formula is C18H18N4O2. The van der Waals surface area contributed by atoms with Gasteiger partial charge in [-0.2, -0.15) is 4.98 Å². The van der Waals surface area contributed by atoms with Gasteiger partial charge in [0.2, 0.25) is 11.7 Å². The fraction of sp³-hybridized carbons (Fsp3) is 0.167. The van der Waals surface area contributed by atoms with Crippen LogP contribution in [-0.4, -0.2) is 28.1 Å². The zero-order valence-corrected chi connectivity index (χ0v) is 13.6. The van der Waals surface area contributed by atoms with E-state index in [4.69, 9.17) is 4.52 Å². The van der Waals surface area contributed by atoms with Crippen molar-refractivity contribution >= 4 is 11.7 Å². The van der Waals surface area contributed by atoms with Crippen molar-refractivity contribution in [2.45, 2.75) is 13.5 Å². The number of aryl methyl sites for hydroxylation is 1. The van der Waals surface area contributed by atoms with E-state index in [1.165, 1.54) is 4.90 Å². The number of amides is 2. The number of urea groups is 1. The van der Waals surface area contributed by atoms with Gasteiger partial charge in [0.1, 0.15) is 6.54 Å². The fourth-order valence-electron chi connectivity index (χ4n) is 2.22. The lowest BCUT2D eigenvalue weighted by molar-refractivity contribution is 0.213. The van der Waals surface area contributed by atoms with Crippen LogP contribution in [0.25, 0.3) is 11.4 Å². The Labute approximate surface area is 140 Å². The molecule has 0 spiro atoms. The fourth-order valence-corrected chi connectivity index (χ4v) is 2.22. The molecule has 0 unspecified atom stereocenters. The Balaban J connectivity index is 1.65. The molecule has 2 amide bonds. The van der Waals surface area contributed by atoms with Gasteiger partial charge in [0.15, 0.2) is 0 Å². The van der Waals surface area contributed by atoms with E-state index < -0.39 is 0 Å². The highest BCUT2D eigenvalue weighted by Gasteiger charge is 2.15. The lowest BCUT2D eigenvalue weighted by Gasteiger charge is -2.16. The highest BCUT2D eigenvalue weighted by atomic mass is 16.5. The third kappa shape index (κ3) is 3.60. The molecule has 3 rings (SSSR count). The molecule has 0 aliphatic rings. The first-order valence-electron chi connectivity index (χ1n) is 7.59. The minimum Gasteiger partial charge on any atom is -0.337 e. The molecule has 0 fully saturated rings. The molecule has 0 bridgehead atoms. The van der Waals surface area contributed by atoms with Gasteiger partial charge in [0.05, 0.1) is 0 Å². The van der Waals surface area contributed by atoms with Crippen molar-refractivity contribution in [3.8, 4) is 11.4 Å². The average Bonchev–Trinajstić information content (AvgIpc) is 3.06. The zero-order valence-electron chi connectivity index (χ0n) is 13.6. The third-order valence-electron chi connectivity index (χ3n) is 3.61. The summed E-state index contributed by atoms with van der Waals surface area (Å²) >= 11 is 0. The minimum absolute atomic E-state index is 0.233. The number of carbonyl (C=O) groups excluding carboxylic acids is 1. The summed E-state index contributed by atoms with van der Waals surface area (Å²) in [6.45, 7) is 2.18. The van der Waals surface area contributed by atoms with E-state index in [0.717, 1.165) is 16.8 Å². The summed E-state index contributed by atoms with van der Waals surface area (Å²) in [5.74, 6) is 0.898. The van der Waals surface area contributed by atoms with Gasteiger partial charge in [-0.05, 0) is 18.6 Å². The number of hydrogen-bond acceptors (Lipinski definition) is 4. The van der Waals surface area contributed by atoms with Crippen LogP contribution in [0.1, 0.15) is 11.5 Å². The monoisotopic (exact) mass is 322 g/mol. The van der Waals surface area contributed by atoms with Gasteiger partial charge in [0, 0.05) is 18.3 Å². The van der Waals surface area contributed by atoms with Crippen LogP contribution in [0.4, 0.5) is 10.5 Å². The van der Waals surface area contributed by atoms with Crippen molar-refractivity contribution < 1.29 is 9.32 Å². The maximum atomic E-state index is 12.3. The molecule has 122 valence electrons. The molecule has 0 saturated carbocycles. The molecule has 6 heteroatoms. The van der Waals surface area contributed by atoms with E-state index in [0.29, 0.717) is 11.7 Å². The number of aromatic nitrogens is 2. The van der Waals surface area contributed by atoms with E-state index in [9.17, 15) is 4.79 Å². The normalized spacial score (nSPS) is 10.4. The molecule has 0 aliphatic carbocycles. The maximum Gasteiger partial charge on any atom is 0.322 e. The highest BCUT2D eigenvalue weighted by Crippen LogP contribution is 2.16. The maximum absolute atomic E-state index is 12.3. The third-order valence-corrected chi connectivity index (χ3v) is 3.61. The number of nitrogens with one attached hydrogen (secondary N) is 1. The van der Waals surface area contributed by atoms with E-state index in [1.807, 2.05) is 61.5 Å². The minimum atomic E-state index is -0.233. The Hall–Kier alpha value is -3.15. The van der Waals surface area contributed by atoms with Gasteiger partial charge in [-0.1, -0.05) is 53.7 Å². The molecule has 3 aromatic rings. The predicted octanol–water partition coefficient (Wildman–Crippen LogP) is 3.71. The standard InChI is InChI=1S/C18H18N4O2/c1-13-8-6-7-11-15(13)19-18(23)22(2)12-16-20-17(21-24-16)14-9-4-3-5-10-14/h3-11H,12H2,1-2H3,(H,19,23). The Bertz CT molecular complexity index is 830. The van der Waals surface area contributed by atoms with Gasteiger partial charge in [-0.25, -0.2) is 4.79 Å². The quantitative estimate of drug-likeness (QED) is 0.795. The number of nitrogens with zero attached hydrogens (tertiary/aromatic N) is 3. The molecule has 0 radical (unpaired) electrons. The Kier molecular flexibility index (Phi) is 4.56. The largest absolute Gasteiger partial charge is 0.337 e. The van der Waals surface area contributed by atoms with E-state index in [1.54, 1.807) is 7.05 Å². The summed E-state index contributed by atoms with van der Waals surface area (Å²) in [4.78, 5) is 18.1. The zero-order chi connectivity index (χ0) is 16.9. The van der Waals surface area contributed by atoms with Crippen LogP contribution < -0.4 is 5.32 Å². The summed E-state index contributed by atoms with van der Waals surface area (Å²) in [6, 6.07) is 16.9. The average molecular weight is 322 g/mol. The lowest BCUT2D eigenvalue weighted by atomic mass is 10.2. The molecule has 0 atom stereocenters. The molecule has 1 N–H and O–H groups in total. The Morgan fingerprint density at radius 2 is 1.83 bits per heavy atom. The summed E-state index contributed by atoms with van der Waals surface area (Å²) < 4.78 is 5.23. The molecular weight excluding hydrogens is 304 g/mol. The molecule has 0 saturated heterocycles. The van der Waals surface area contributed by atoms with Crippen LogP contribution in [0.15, 0.2) is 59.1 Å². The van der Waals surface area contributed by atoms with Crippen LogP contribution in [0.5, 0.6) is 0 Å². The van der Waals surface area contributed by atoms with E-state index in [-0.39, 0.29) is 12.6 Å². The van der Waals surface area contributed by atoms with Crippen molar-refractivity contribution in [3.63, 3.8) is 0 Å². The number of rotatable bonds is 4. The highest BCUT2D eigenvalue weighted by molar-refractivity contribution is 5.89. The van der Waals surface area contributed by atoms with Crippen molar-refractivity contribution in [1.82, 2.24) is 15.0 Å². The van der Waals surface area contributed by atoms with Crippen molar-refractivity contribution in [3.05, 3.63) is 66.1 Å². The molecule has 24 heavy (non-hydrogen) atoms. The summed E-state index contributed by atoms with van der Waals surface area (Å²) in [5, 5.41) is 6.82. The SMILES string of the molecule is Cc1ccccc1NC(=O)N(C)Cc1nc(-c2ccccc2)no1. The van der Waals surface area contributed by atoms with Crippen LogP contribution in [0.2, 0.25) is 0 Å². The lowest BCUT2D eigenvalue weighted by Crippen LogP contribution is -2.31. The van der Waals surface area contributed by atoms with E-state index in [2.05, 4.69) is 15.5 Å². The van der Waals surface area contributed by atoms with Crippen molar-refractivity contribution in [1.29, 1.82) is 0 Å². The van der Waals surface area contributed by atoms with Crippen LogP contribution >= 0.6 is 0 Å². The summed E-state index contributed by atoms with van der Waals surface area (Å²) in [5.41, 5.74) is 2.66. The number of carbonyl (C=O) groups is 1. The molecule has 2 aromatic carbocycles. The van der Waals surface area contributed by atoms with Gasteiger partial charge in [0.25, 0.3) is 0 Å². The first-order valence-corrected chi connectivity index (χ1v) is 7.59. The Morgan fingerprint density at radius 3 is 2.58 bits per heavy atom. The van der Waals surface area contributed by atoms with Gasteiger partial charge in [-0.3, -0.25) is 0 Å². The molecule has 1 heterocycles. The second-order valence-corrected chi connectivity index (χ2v) is 5.48. The van der Waals surface area contributed by atoms with Crippen LogP contribution in [0, 0.1) is 6.92 Å². The molecule has 6 nitrogen and oxygen atoms in total. The number of benzene rings is 2.